The molecule has 94 valence electrons. The van der Waals surface area contributed by atoms with Gasteiger partial charge in [-0.1, -0.05) is 30.7 Å². The van der Waals surface area contributed by atoms with Gasteiger partial charge in [-0.05, 0) is 42.3 Å². The Morgan fingerprint density at radius 1 is 1.22 bits per heavy atom. The predicted molar refractivity (Wildman–Crippen MR) is 73.8 cm³/mol. The molecule has 18 heavy (non-hydrogen) atoms. The SMILES string of the molecule is Cc1cc(Cl)ccc1C(O)C(C)c1ccccn1. The molecule has 0 saturated carbocycles. The van der Waals surface area contributed by atoms with Crippen LogP contribution < -0.4 is 0 Å². The molecule has 2 atom stereocenters. The van der Waals surface area contributed by atoms with Crippen molar-refractivity contribution in [1.29, 1.82) is 0 Å². The minimum Gasteiger partial charge on any atom is -0.388 e. The van der Waals surface area contributed by atoms with Gasteiger partial charge < -0.3 is 5.11 Å². The quantitative estimate of drug-likeness (QED) is 0.910. The van der Waals surface area contributed by atoms with Crippen molar-refractivity contribution >= 4 is 11.6 Å². The molecule has 0 aliphatic rings. The van der Waals surface area contributed by atoms with E-state index in [0.717, 1.165) is 16.8 Å². The third kappa shape index (κ3) is 2.71. The van der Waals surface area contributed by atoms with E-state index in [1.165, 1.54) is 0 Å². The van der Waals surface area contributed by atoms with Gasteiger partial charge in [-0.15, -0.1) is 0 Å². The molecule has 0 spiro atoms. The minimum atomic E-state index is -0.572. The van der Waals surface area contributed by atoms with E-state index >= 15 is 0 Å². The topological polar surface area (TPSA) is 33.1 Å². The highest BCUT2D eigenvalue weighted by atomic mass is 35.5. The summed E-state index contributed by atoms with van der Waals surface area (Å²) in [5.41, 5.74) is 2.79. The fraction of sp³-hybridized carbons (Fsp3) is 0.267. The molecule has 2 nitrogen and oxygen atoms in total. The van der Waals surface area contributed by atoms with E-state index in [9.17, 15) is 5.11 Å². The van der Waals surface area contributed by atoms with Crippen LogP contribution in [0, 0.1) is 6.92 Å². The van der Waals surface area contributed by atoms with Crippen LogP contribution in [0.2, 0.25) is 5.02 Å². The lowest BCUT2D eigenvalue weighted by molar-refractivity contribution is 0.149. The third-order valence-electron chi connectivity index (χ3n) is 3.18. The van der Waals surface area contributed by atoms with Gasteiger partial charge in [-0.25, -0.2) is 0 Å². The Balaban J connectivity index is 2.28. The largest absolute Gasteiger partial charge is 0.388 e. The molecule has 1 N–H and O–H groups in total. The second-order valence-electron chi connectivity index (χ2n) is 4.49. The summed E-state index contributed by atoms with van der Waals surface area (Å²) in [6.45, 7) is 3.93. The maximum Gasteiger partial charge on any atom is 0.0873 e. The van der Waals surface area contributed by atoms with Crippen LogP contribution in [0.15, 0.2) is 42.6 Å². The molecule has 0 radical (unpaired) electrons. The fourth-order valence-corrected chi connectivity index (χ4v) is 2.27. The number of hydrogen-bond donors (Lipinski definition) is 1. The van der Waals surface area contributed by atoms with E-state index in [2.05, 4.69) is 4.98 Å². The van der Waals surface area contributed by atoms with Crippen molar-refractivity contribution in [2.24, 2.45) is 0 Å². The molecule has 3 heteroatoms. The van der Waals surface area contributed by atoms with Gasteiger partial charge in [0.2, 0.25) is 0 Å². The average molecular weight is 262 g/mol. The van der Waals surface area contributed by atoms with Crippen molar-refractivity contribution in [3.05, 3.63) is 64.4 Å². The van der Waals surface area contributed by atoms with E-state index < -0.39 is 6.10 Å². The molecule has 2 unspecified atom stereocenters. The molecule has 0 amide bonds. The average Bonchev–Trinajstić information content (AvgIpc) is 2.38. The first-order valence-electron chi connectivity index (χ1n) is 5.94. The van der Waals surface area contributed by atoms with Crippen LogP contribution in [0.25, 0.3) is 0 Å². The Hall–Kier alpha value is -1.38. The molecule has 0 saturated heterocycles. The van der Waals surface area contributed by atoms with Crippen LogP contribution in [0.1, 0.15) is 35.8 Å². The van der Waals surface area contributed by atoms with Crippen molar-refractivity contribution in [2.45, 2.75) is 25.9 Å². The number of aromatic nitrogens is 1. The normalized spacial score (nSPS) is 14.2. The first-order chi connectivity index (χ1) is 8.59. The van der Waals surface area contributed by atoms with Crippen LogP contribution in [-0.2, 0) is 0 Å². The van der Waals surface area contributed by atoms with Gasteiger partial charge in [0.25, 0.3) is 0 Å². The molecule has 0 aliphatic heterocycles. The Bertz CT molecular complexity index is 527. The van der Waals surface area contributed by atoms with Crippen molar-refractivity contribution in [3.8, 4) is 0 Å². The zero-order valence-electron chi connectivity index (χ0n) is 10.5. The van der Waals surface area contributed by atoms with E-state index in [1.54, 1.807) is 12.3 Å². The number of nitrogens with zero attached hydrogens (tertiary/aromatic N) is 1. The fourth-order valence-electron chi connectivity index (χ4n) is 2.05. The molecular formula is C15H16ClNO. The van der Waals surface area contributed by atoms with Crippen molar-refractivity contribution in [1.82, 2.24) is 4.98 Å². The van der Waals surface area contributed by atoms with Gasteiger partial charge in [0.1, 0.15) is 0 Å². The third-order valence-corrected chi connectivity index (χ3v) is 3.41. The van der Waals surface area contributed by atoms with E-state index in [1.807, 2.05) is 44.2 Å². The smallest absolute Gasteiger partial charge is 0.0873 e. The highest BCUT2D eigenvalue weighted by Gasteiger charge is 2.20. The number of aliphatic hydroxyl groups is 1. The monoisotopic (exact) mass is 261 g/mol. The maximum absolute atomic E-state index is 10.4. The van der Waals surface area contributed by atoms with Crippen molar-refractivity contribution < 1.29 is 5.11 Å². The molecule has 2 aromatic rings. The summed E-state index contributed by atoms with van der Waals surface area (Å²) in [5, 5.41) is 11.1. The molecule has 1 heterocycles. The van der Waals surface area contributed by atoms with Gasteiger partial charge in [-0.2, -0.15) is 0 Å². The molecule has 0 aliphatic carbocycles. The summed E-state index contributed by atoms with van der Waals surface area (Å²) in [4.78, 5) is 4.29. The number of rotatable bonds is 3. The van der Waals surface area contributed by atoms with Crippen LogP contribution in [-0.4, -0.2) is 10.1 Å². The second-order valence-corrected chi connectivity index (χ2v) is 4.93. The standard InChI is InChI=1S/C15H16ClNO/c1-10-9-12(16)6-7-13(10)15(18)11(2)14-5-3-4-8-17-14/h3-9,11,15,18H,1-2H3. The minimum absolute atomic E-state index is 0.0499. The number of halogens is 1. The molecule has 0 fully saturated rings. The van der Waals surface area contributed by atoms with Crippen molar-refractivity contribution in [2.75, 3.05) is 0 Å². The Morgan fingerprint density at radius 3 is 2.61 bits per heavy atom. The predicted octanol–water partition coefficient (Wildman–Crippen LogP) is 3.88. The lowest BCUT2D eigenvalue weighted by Crippen LogP contribution is -2.10. The molecule has 1 aromatic heterocycles. The summed E-state index contributed by atoms with van der Waals surface area (Å²) in [6.07, 6.45) is 1.17. The lowest BCUT2D eigenvalue weighted by Gasteiger charge is -2.20. The van der Waals surface area contributed by atoms with E-state index in [0.29, 0.717) is 5.02 Å². The lowest BCUT2D eigenvalue weighted by atomic mass is 9.91. The highest BCUT2D eigenvalue weighted by molar-refractivity contribution is 6.30. The first-order valence-corrected chi connectivity index (χ1v) is 6.32. The van der Waals surface area contributed by atoms with Gasteiger partial charge in [-0.3, -0.25) is 4.98 Å². The van der Waals surface area contributed by atoms with E-state index in [-0.39, 0.29) is 5.92 Å². The number of aliphatic hydroxyl groups excluding tert-OH is 1. The Kier molecular flexibility index (Phi) is 4.00. The Morgan fingerprint density at radius 2 is 2.00 bits per heavy atom. The molecule has 0 bridgehead atoms. The summed E-state index contributed by atoms with van der Waals surface area (Å²) in [5.74, 6) is -0.0499. The van der Waals surface area contributed by atoms with Crippen molar-refractivity contribution in [3.63, 3.8) is 0 Å². The summed E-state index contributed by atoms with van der Waals surface area (Å²) in [6, 6.07) is 11.3. The summed E-state index contributed by atoms with van der Waals surface area (Å²) < 4.78 is 0. The zero-order chi connectivity index (χ0) is 13.1. The molecule has 1 aromatic carbocycles. The van der Waals surface area contributed by atoms with Gasteiger partial charge >= 0.3 is 0 Å². The Labute approximate surface area is 112 Å². The first kappa shape index (κ1) is 13.1. The molecular weight excluding hydrogens is 246 g/mol. The zero-order valence-corrected chi connectivity index (χ0v) is 11.2. The van der Waals surface area contributed by atoms with Crippen LogP contribution >= 0.6 is 11.6 Å². The van der Waals surface area contributed by atoms with Gasteiger partial charge in [0.15, 0.2) is 0 Å². The number of pyridine rings is 1. The van der Waals surface area contributed by atoms with Crippen LogP contribution in [0.5, 0.6) is 0 Å². The van der Waals surface area contributed by atoms with Gasteiger partial charge in [0.05, 0.1) is 6.10 Å². The summed E-state index contributed by atoms with van der Waals surface area (Å²) in [7, 11) is 0. The van der Waals surface area contributed by atoms with Crippen LogP contribution in [0.4, 0.5) is 0 Å². The van der Waals surface area contributed by atoms with Gasteiger partial charge in [0, 0.05) is 22.8 Å². The summed E-state index contributed by atoms with van der Waals surface area (Å²) >= 11 is 5.92. The second kappa shape index (κ2) is 5.51. The number of hydrogen-bond acceptors (Lipinski definition) is 2. The highest BCUT2D eigenvalue weighted by Crippen LogP contribution is 2.31. The maximum atomic E-state index is 10.4. The molecule has 2 rings (SSSR count). The number of benzene rings is 1. The van der Waals surface area contributed by atoms with E-state index in [4.69, 9.17) is 11.6 Å². The van der Waals surface area contributed by atoms with Crippen LogP contribution in [0.3, 0.4) is 0 Å². The number of aryl methyl sites for hydroxylation is 1.